The fourth-order valence-electron chi connectivity index (χ4n) is 4.72. The van der Waals surface area contributed by atoms with Crippen LogP contribution in [0.2, 0.25) is 5.02 Å². The van der Waals surface area contributed by atoms with Gasteiger partial charge in [0.15, 0.2) is 0 Å². The second kappa shape index (κ2) is 10.8. The van der Waals surface area contributed by atoms with Crippen molar-refractivity contribution in [1.29, 1.82) is 0 Å². The van der Waals surface area contributed by atoms with E-state index in [-0.39, 0.29) is 33.8 Å². The monoisotopic (exact) mass is 535 g/mol. The van der Waals surface area contributed by atoms with E-state index in [1.54, 1.807) is 24.3 Å². The molecular formula is C30H30ClNO6. The molecule has 1 unspecified atom stereocenters. The van der Waals surface area contributed by atoms with Crippen LogP contribution in [0, 0.1) is 13.8 Å². The summed E-state index contributed by atoms with van der Waals surface area (Å²) in [5.41, 5.74) is 3.10. The lowest BCUT2D eigenvalue weighted by Gasteiger charge is -2.27. The minimum Gasteiger partial charge on any atom is -0.507 e. The molecule has 1 fully saturated rings. The van der Waals surface area contributed by atoms with E-state index < -0.39 is 23.5 Å². The standard InChI is InChI=1S/C30H30ClNO6/c1-16(2)38-21-9-7-8-19(13-21)27-26(28(33)22-14-25(37-6)23(31)15-24(22)36-5)29(34)30(35)32(27)20-11-17(3)10-18(4)12-20/h7-16,27,33H,1-6H3/b28-26+. The minimum atomic E-state index is -0.932. The summed E-state index contributed by atoms with van der Waals surface area (Å²) in [6, 6.07) is 14.9. The van der Waals surface area contributed by atoms with Crippen molar-refractivity contribution in [3.63, 3.8) is 0 Å². The molecule has 3 aromatic carbocycles. The zero-order valence-electron chi connectivity index (χ0n) is 22.2. The average molecular weight is 536 g/mol. The molecule has 1 atom stereocenters. The van der Waals surface area contributed by atoms with E-state index in [2.05, 4.69) is 0 Å². The number of aliphatic hydroxyl groups excluding tert-OH is 1. The van der Waals surface area contributed by atoms with E-state index in [9.17, 15) is 14.7 Å². The Morgan fingerprint density at radius 3 is 2.21 bits per heavy atom. The smallest absolute Gasteiger partial charge is 0.300 e. The van der Waals surface area contributed by atoms with Crippen LogP contribution in [0.4, 0.5) is 5.69 Å². The predicted molar refractivity (Wildman–Crippen MR) is 147 cm³/mol. The lowest BCUT2D eigenvalue weighted by atomic mass is 9.94. The number of halogens is 1. The van der Waals surface area contributed by atoms with Gasteiger partial charge < -0.3 is 19.3 Å². The van der Waals surface area contributed by atoms with Crippen LogP contribution in [0.3, 0.4) is 0 Å². The van der Waals surface area contributed by atoms with Crippen LogP contribution in [-0.4, -0.2) is 37.1 Å². The molecule has 0 bridgehead atoms. The van der Waals surface area contributed by atoms with Crippen LogP contribution >= 0.6 is 11.6 Å². The maximum absolute atomic E-state index is 13.6. The summed E-state index contributed by atoms with van der Waals surface area (Å²) in [7, 11) is 2.87. The van der Waals surface area contributed by atoms with Crippen molar-refractivity contribution in [1.82, 2.24) is 0 Å². The Labute approximate surface area is 227 Å². The fraction of sp³-hybridized carbons (Fsp3) is 0.267. The maximum atomic E-state index is 13.6. The quantitative estimate of drug-likeness (QED) is 0.214. The lowest BCUT2D eigenvalue weighted by Crippen LogP contribution is -2.29. The number of carbonyl (C=O) groups is 2. The Hall–Kier alpha value is -3.97. The molecule has 0 aliphatic carbocycles. The lowest BCUT2D eigenvalue weighted by molar-refractivity contribution is -0.132. The van der Waals surface area contributed by atoms with Crippen molar-refractivity contribution in [2.75, 3.05) is 19.1 Å². The van der Waals surface area contributed by atoms with E-state index in [0.717, 1.165) is 11.1 Å². The highest BCUT2D eigenvalue weighted by molar-refractivity contribution is 6.51. The zero-order chi connectivity index (χ0) is 27.7. The molecule has 1 saturated heterocycles. The van der Waals surface area contributed by atoms with E-state index in [1.165, 1.54) is 31.3 Å². The Kier molecular flexibility index (Phi) is 7.69. The second-order valence-electron chi connectivity index (χ2n) is 9.44. The summed E-state index contributed by atoms with van der Waals surface area (Å²) < 4.78 is 16.7. The van der Waals surface area contributed by atoms with Crippen molar-refractivity contribution in [2.24, 2.45) is 0 Å². The van der Waals surface area contributed by atoms with Gasteiger partial charge in [-0.1, -0.05) is 29.8 Å². The molecule has 0 saturated carbocycles. The Balaban J connectivity index is 2.01. The third-order valence-electron chi connectivity index (χ3n) is 6.20. The first-order valence-electron chi connectivity index (χ1n) is 12.1. The molecular weight excluding hydrogens is 506 g/mol. The van der Waals surface area contributed by atoms with Crippen LogP contribution in [0.15, 0.2) is 60.2 Å². The molecule has 4 rings (SSSR count). The van der Waals surface area contributed by atoms with E-state index in [1.807, 2.05) is 45.9 Å². The van der Waals surface area contributed by atoms with Gasteiger partial charge in [0.05, 0.1) is 42.5 Å². The molecule has 1 amide bonds. The normalized spacial score (nSPS) is 16.7. The first kappa shape index (κ1) is 27.1. The number of rotatable bonds is 7. The number of carbonyl (C=O) groups excluding carboxylic acids is 2. The van der Waals surface area contributed by atoms with Gasteiger partial charge in [0.2, 0.25) is 0 Å². The molecule has 1 aliphatic heterocycles. The Bertz CT molecular complexity index is 1420. The van der Waals surface area contributed by atoms with Crippen LogP contribution in [0.25, 0.3) is 5.76 Å². The van der Waals surface area contributed by atoms with E-state index >= 15 is 0 Å². The molecule has 3 aromatic rings. The molecule has 0 radical (unpaired) electrons. The van der Waals surface area contributed by atoms with Gasteiger partial charge in [-0.2, -0.15) is 0 Å². The molecule has 0 aromatic heterocycles. The molecule has 1 aliphatic rings. The van der Waals surface area contributed by atoms with Crippen LogP contribution < -0.4 is 19.1 Å². The number of ether oxygens (including phenoxy) is 3. The van der Waals surface area contributed by atoms with Gasteiger partial charge in [-0.05, 0) is 74.7 Å². The zero-order valence-corrected chi connectivity index (χ0v) is 22.9. The summed E-state index contributed by atoms with van der Waals surface area (Å²) >= 11 is 6.27. The highest BCUT2D eigenvalue weighted by Crippen LogP contribution is 2.45. The number of hydrogen-bond acceptors (Lipinski definition) is 6. The number of hydrogen-bond donors (Lipinski definition) is 1. The van der Waals surface area contributed by atoms with Crippen LogP contribution in [0.1, 0.15) is 42.1 Å². The molecule has 7 nitrogen and oxygen atoms in total. The van der Waals surface area contributed by atoms with Crippen LogP contribution in [0.5, 0.6) is 17.2 Å². The van der Waals surface area contributed by atoms with E-state index in [0.29, 0.717) is 17.0 Å². The number of ketones is 1. The first-order chi connectivity index (χ1) is 18.0. The Morgan fingerprint density at radius 1 is 0.947 bits per heavy atom. The summed E-state index contributed by atoms with van der Waals surface area (Å²) in [6.45, 7) is 7.66. The van der Waals surface area contributed by atoms with Crippen molar-refractivity contribution >= 4 is 34.7 Å². The summed E-state index contributed by atoms with van der Waals surface area (Å²) in [6.07, 6.45) is -0.0816. The largest absolute Gasteiger partial charge is 0.507 e. The van der Waals surface area contributed by atoms with Crippen LogP contribution in [-0.2, 0) is 9.59 Å². The van der Waals surface area contributed by atoms with E-state index in [4.69, 9.17) is 25.8 Å². The number of nitrogens with zero attached hydrogens (tertiary/aromatic N) is 1. The highest BCUT2D eigenvalue weighted by Gasteiger charge is 2.47. The Morgan fingerprint density at radius 2 is 1.61 bits per heavy atom. The number of aliphatic hydroxyl groups is 1. The van der Waals surface area contributed by atoms with Gasteiger partial charge in [-0.25, -0.2) is 0 Å². The van der Waals surface area contributed by atoms with Gasteiger partial charge in [-0.15, -0.1) is 0 Å². The highest BCUT2D eigenvalue weighted by atomic mass is 35.5. The molecule has 1 N–H and O–H groups in total. The molecule has 1 heterocycles. The van der Waals surface area contributed by atoms with Gasteiger partial charge in [0.25, 0.3) is 11.7 Å². The van der Waals surface area contributed by atoms with Gasteiger partial charge >= 0.3 is 0 Å². The molecule has 38 heavy (non-hydrogen) atoms. The van der Waals surface area contributed by atoms with Gasteiger partial charge in [0.1, 0.15) is 23.0 Å². The number of aryl methyl sites for hydroxylation is 2. The number of anilines is 1. The van der Waals surface area contributed by atoms with Crippen molar-refractivity contribution in [2.45, 2.75) is 39.8 Å². The fourth-order valence-corrected chi connectivity index (χ4v) is 4.96. The second-order valence-corrected chi connectivity index (χ2v) is 9.85. The number of amides is 1. The summed E-state index contributed by atoms with van der Waals surface area (Å²) in [5, 5.41) is 11.9. The minimum absolute atomic E-state index is 0.0816. The maximum Gasteiger partial charge on any atom is 0.300 e. The molecule has 8 heteroatoms. The topological polar surface area (TPSA) is 85.3 Å². The average Bonchev–Trinajstić information content (AvgIpc) is 3.13. The summed E-state index contributed by atoms with van der Waals surface area (Å²) in [4.78, 5) is 28.6. The molecule has 198 valence electrons. The number of Topliss-reactive ketones (excluding diaryl/α,β-unsaturated/α-hetero) is 1. The van der Waals surface area contributed by atoms with Gasteiger partial charge in [0, 0.05) is 11.8 Å². The van der Waals surface area contributed by atoms with Crippen molar-refractivity contribution < 1.29 is 28.9 Å². The van der Waals surface area contributed by atoms with Crippen molar-refractivity contribution in [3.8, 4) is 17.2 Å². The SMILES string of the molecule is COc1cc(/C(O)=C2\C(=O)C(=O)N(c3cc(C)cc(C)c3)C2c2cccc(OC(C)C)c2)c(OC)cc1Cl. The predicted octanol–water partition coefficient (Wildman–Crippen LogP) is 6.39. The first-order valence-corrected chi connectivity index (χ1v) is 12.5. The summed E-state index contributed by atoms with van der Waals surface area (Å²) in [5.74, 6) is -0.895. The third kappa shape index (κ3) is 5.07. The number of benzene rings is 3. The number of methoxy groups -OCH3 is 2. The molecule has 0 spiro atoms. The van der Waals surface area contributed by atoms with Gasteiger partial charge in [-0.3, -0.25) is 14.5 Å². The third-order valence-corrected chi connectivity index (χ3v) is 6.50. The van der Waals surface area contributed by atoms with Crippen molar-refractivity contribution in [3.05, 3.63) is 87.4 Å².